The Morgan fingerprint density at radius 1 is 1.11 bits per heavy atom. The number of likely N-dealkylation sites (N-methyl/N-ethyl adjacent to an activating group) is 1. The van der Waals surface area contributed by atoms with Crippen LogP contribution >= 0.6 is 11.5 Å². The first kappa shape index (κ1) is 17.2. The maximum absolute atomic E-state index is 13.2. The van der Waals surface area contributed by atoms with Gasteiger partial charge in [-0.2, -0.15) is 4.37 Å². The Hall–Kier alpha value is -3.19. The first-order chi connectivity index (χ1) is 13.0. The van der Waals surface area contributed by atoms with E-state index in [9.17, 15) is 4.79 Å². The molecule has 3 N–H and O–H groups in total. The first-order valence-electron chi connectivity index (χ1n) is 8.52. The van der Waals surface area contributed by atoms with Crippen LogP contribution in [0.1, 0.15) is 16.8 Å². The summed E-state index contributed by atoms with van der Waals surface area (Å²) < 4.78 is 4.28. The summed E-state index contributed by atoms with van der Waals surface area (Å²) in [7, 11) is 1.62. The summed E-state index contributed by atoms with van der Waals surface area (Å²) in [4.78, 5) is 14.6. The van der Waals surface area contributed by atoms with Crippen molar-refractivity contribution in [1.82, 2.24) is 14.6 Å². The molecule has 6 nitrogen and oxygen atoms in total. The zero-order chi connectivity index (χ0) is 19.0. The van der Waals surface area contributed by atoms with E-state index in [4.69, 9.17) is 5.41 Å². The number of aromatic nitrogens is 1. The van der Waals surface area contributed by atoms with Crippen molar-refractivity contribution < 1.29 is 4.79 Å². The molecule has 0 radical (unpaired) electrons. The summed E-state index contributed by atoms with van der Waals surface area (Å²) in [5, 5.41) is 15.5. The third-order valence-corrected chi connectivity index (χ3v) is 5.46. The van der Waals surface area contributed by atoms with Crippen molar-refractivity contribution >= 4 is 34.1 Å². The standard InChI is InChI=1S/C20H19N5OS/c1-13-11-17(27-24-13)22-16-10-6-9-15(12-16)20(14-7-4-3-5-8-14)18(26)25(2)19(21)23-20/h3-12,22H,1-2H3,(H2,21,23). The molecular weight excluding hydrogens is 358 g/mol. The first-order valence-corrected chi connectivity index (χ1v) is 9.29. The summed E-state index contributed by atoms with van der Waals surface area (Å²) in [5.74, 6) is -0.0928. The minimum atomic E-state index is -1.12. The number of rotatable bonds is 4. The molecule has 1 amide bonds. The van der Waals surface area contributed by atoms with Gasteiger partial charge >= 0.3 is 0 Å². The second kappa shape index (κ2) is 6.51. The molecule has 0 saturated carbocycles. The van der Waals surface area contributed by atoms with E-state index in [1.165, 1.54) is 16.4 Å². The molecule has 1 aliphatic heterocycles. The molecule has 0 aliphatic carbocycles. The summed E-state index contributed by atoms with van der Waals surface area (Å²) in [6.45, 7) is 1.95. The molecule has 0 spiro atoms. The lowest BCUT2D eigenvalue weighted by molar-refractivity contribution is -0.129. The van der Waals surface area contributed by atoms with Gasteiger partial charge in [0.05, 0.1) is 5.69 Å². The van der Waals surface area contributed by atoms with E-state index in [0.29, 0.717) is 0 Å². The lowest BCUT2D eigenvalue weighted by atomic mass is 9.82. The summed E-state index contributed by atoms with van der Waals surface area (Å²) in [6, 6.07) is 19.2. The van der Waals surface area contributed by atoms with Crippen molar-refractivity contribution in [3.63, 3.8) is 0 Å². The second-order valence-electron chi connectivity index (χ2n) is 6.49. The van der Waals surface area contributed by atoms with Crippen molar-refractivity contribution in [2.45, 2.75) is 12.5 Å². The average Bonchev–Trinajstić information content (AvgIpc) is 3.19. The fourth-order valence-electron chi connectivity index (χ4n) is 3.31. The fraction of sp³-hybridized carbons (Fsp3) is 0.150. The van der Waals surface area contributed by atoms with Crippen molar-refractivity contribution in [2.24, 2.45) is 0 Å². The number of nitrogens with zero attached hydrogens (tertiary/aromatic N) is 2. The van der Waals surface area contributed by atoms with Crippen molar-refractivity contribution in [2.75, 3.05) is 12.4 Å². The van der Waals surface area contributed by atoms with Gasteiger partial charge in [0.2, 0.25) is 0 Å². The Bertz CT molecular complexity index is 1020. The van der Waals surface area contributed by atoms with Crippen LogP contribution in [0.4, 0.5) is 10.7 Å². The monoisotopic (exact) mass is 377 g/mol. The number of hydrogen-bond donors (Lipinski definition) is 3. The quantitative estimate of drug-likeness (QED) is 0.651. The van der Waals surface area contributed by atoms with E-state index in [0.717, 1.165) is 27.5 Å². The molecule has 1 saturated heterocycles. The van der Waals surface area contributed by atoms with Crippen LogP contribution in [0, 0.1) is 12.3 Å². The van der Waals surface area contributed by atoms with E-state index < -0.39 is 5.54 Å². The van der Waals surface area contributed by atoms with Crippen LogP contribution in [-0.2, 0) is 10.3 Å². The van der Waals surface area contributed by atoms with E-state index in [2.05, 4.69) is 15.0 Å². The minimum absolute atomic E-state index is 0.0836. The van der Waals surface area contributed by atoms with Crippen LogP contribution in [-0.4, -0.2) is 28.2 Å². The molecule has 1 fully saturated rings. The highest BCUT2D eigenvalue weighted by Gasteiger charge is 2.50. The Labute approximate surface area is 161 Å². The maximum atomic E-state index is 13.2. The average molecular weight is 377 g/mol. The third-order valence-electron chi connectivity index (χ3n) is 4.66. The number of carbonyl (C=O) groups excluding carboxylic acids is 1. The number of amides is 1. The van der Waals surface area contributed by atoms with Gasteiger partial charge in [0.25, 0.3) is 5.91 Å². The number of guanidine groups is 1. The van der Waals surface area contributed by atoms with E-state index in [1.807, 2.05) is 67.6 Å². The minimum Gasteiger partial charge on any atom is -0.346 e. The highest BCUT2D eigenvalue weighted by atomic mass is 32.1. The van der Waals surface area contributed by atoms with Crippen LogP contribution in [0.3, 0.4) is 0 Å². The van der Waals surface area contributed by atoms with Gasteiger partial charge in [0.1, 0.15) is 5.00 Å². The Balaban J connectivity index is 1.81. The molecule has 1 aromatic heterocycles. The number of anilines is 2. The number of hydrogen-bond acceptors (Lipinski definition) is 5. The smallest absolute Gasteiger partial charge is 0.264 e. The van der Waals surface area contributed by atoms with Crippen LogP contribution in [0.5, 0.6) is 0 Å². The van der Waals surface area contributed by atoms with Gasteiger partial charge < -0.3 is 10.6 Å². The topological polar surface area (TPSA) is 81.1 Å². The summed E-state index contributed by atoms with van der Waals surface area (Å²) in [6.07, 6.45) is 0. The van der Waals surface area contributed by atoms with Crippen LogP contribution in [0.25, 0.3) is 0 Å². The Kier molecular flexibility index (Phi) is 4.16. The number of benzene rings is 2. The number of nitrogens with one attached hydrogen (secondary N) is 3. The van der Waals surface area contributed by atoms with Crippen molar-refractivity contribution in [3.05, 3.63) is 77.5 Å². The molecule has 2 heterocycles. The van der Waals surface area contributed by atoms with Gasteiger partial charge in [-0.3, -0.25) is 15.1 Å². The zero-order valence-corrected chi connectivity index (χ0v) is 15.8. The molecule has 0 bridgehead atoms. The molecule has 3 aromatic rings. The molecule has 4 rings (SSSR count). The van der Waals surface area contributed by atoms with Gasteiger partial charge in [0, 0.05) is 12.7 Å². The fourth-order valence-corrected chi connectivity index (χ4v) is 3.99. The van der Waals surface area contributed by atoms with Gasteiger partial charge in [-0.05, 0) is 47.8 Å². The summed E-state index contributed by atoms with van der Waals surface area (Å²) >= 11 is 1.39. The van der Waals surface area contributed by atoms with Crippen LogP contribution in [0.15, 0.2) is 60.7 Å². The van der Waals surface area contributed by atoms with Gasteiger partial charge in [-0.1, -0.05) is 42.5 Å². The molecule has 1 atom stereocenters. The van der Waals surface area contributed by atoms with Gasteiger partial charge in [0.15, 0.2) is 11.5 Å². The highest BCUT2D eigenvalue weighted by molar-refractivity contribution is 7.10. The largest absolute Gasteiger partial charge is 0.346 e. The molecule has 136 valence electrons. The molecule has 7 heteroatoms. The second-order valence-corrected chi connectivity index (χ2v) is 7.30. The van der Waals surface area contributed by atoms with E-state index >= 15 is 0 Å². The number of aryl methyl sites for hydroxylation is 1. The predicted octanol–water partition coefficient (Wildman–Crippen LogP) is 3.44. The van der Waals surface area contributed by atoms with Crippen LogP contribution in [0.2, 0.25) is 0 Å². The molecule has 2 aromatic carbocycles. The van der Waals surface area contributed by atoms with Crippen molar-refractivity contribution in [1.29, 1.82) is 5.41 Å². The Morgan fingerprint density at radius 2 is 1.85 bits per heavy atom. The van der Waals surface area contributed by atoms with Crippen LogP contribution < -0.4 is 10.6 Å². The van der Waals surface area contributed by atoms with Crippen molar-refractivity contribution in [3.8, 4) is 0 Å². The van der Waals surface area contributed by atoms with Gasteiger partial charge in [-0.25, -0.2) is 0 Å². The van der Waals surface area contributed by atoms with E-state index in [1.54, 1.807) is 7.05 Å². The Morgan fingerprint density at radius 3 is 2.48 bits per heavy atom. The lowest BCUT2D eigenvalue weighted by Gasteiger charge is -2.28. The zero-order valence-electron chi connectivity index (χ0n) is 15.0. The number of carbonyl (C=O) groups is 1. The predicted molar refractivity (Wildman–Crippen MR) is 107 cm³/mol. The lowest BCUT2D eigenvalue weighted by Crippen LogP contribution is -2.45. The summed E-state index contributed by atoms with van der Waals surface area (Å²) in [5.41, 5.74) is 2.28. The maximum Gasteiger partial charge on any atom is 0.264 e. The third kappa shape index (κ3) is 2.86. The SMILES string of the molecule is Cc1cc(Nc2cccc(C3(c4ccccc4)NC(=N)N(C)C3=O)c2)sn1. The van der Waals surface area contributed by atoms with Gasteiger partial charge in [-0.15, -0.1) is 0 Å². The molecule has 27 heavy (non-hydrogen) atoms. The molecule has 1 aliphatic rings. The normalized spacial score (nSPS) is 19.3. The molecule has 1 unspecified atom stereocenters. The molecular formula is C20H19N5OS. The highest BCUT2D eigenvalue weighted by Crippen LogP contribution is 2.36. The van der Waals surface area contributed by atoms with E-state index in [-0.39, 0.29) is 11.9 Å².